The minimum atomic E-state index is -0.488. The Hall–Kier alpha value is -3.15. The fourth-order valence-corrected chi connectivity index (χ4v) is 3.39. The van der Waals surface area contributed by atoms with Gasteiger partial charge in [-0.15, -0.1) is 0 Å². The Balaban J connectivity index is 1.73. The zero-order valence-electron chi connectivity index (χ0n) is 14.3. The van der Waals surface area contributed by atoms with Gasteiger partial charge in [-0.25, -0.2) is 4.39 Å². The second kappa shape index (κ2) is 6.63. The predicted octanol–water partition coefficient (Wildman–Crippen LogP) is 3.48. The first-order valence-corrected chi connectivity index (χ1v) is 8.40. The molecular formula is C20H18FN3O2. The van der Waals surface area contributed by atoms with Crippen LogP contribution in [0, 0.1) is 5.82 Å². The highest BCUT2D eigenvalue weighted by Crippen LogP contribution is 2.33. The molecule has 6 heteroatoms. The van der Waals surface area contributed by atoms with Crippen molar-refractivity contribution in [2.45, 2.75) is 12.5 Å². The number of hydrogen-bond acceptors (Lipinski definition) is 3. The summed E-state index contributed by atoms with van der Waals surface area (Å²) >= 11 is 0. The van der Waals surface area contributed by atoms with Gasteiger partial charge in [-0.2, -0.15) is 5.10 Å². The lowest BCUT2D eigenvalue weighted by molar-refractivity contribution is 0.0979. The van der Waals surface area contributed by atoms with Gasteiger partial charge < -0.3 is 9.64 Å². The molecule has 26 heavy (non-hydrogen) atoms. The number of anilines is 1. The summed E-state index contributed by atoms with van der Waals surface area (Å²) in [6.45, 7) is 0.497. The van der Waals surface area contributed by atoms with Crippen LogP contribution in [0.5, 0.6) is 5.75 Å². The number of hydrogen-bond donors (Lipinski definition) is 0. The van der Waals surface area contributed by atoms with Crippen molar-refractivity contribution in [2.75, 3.05) is 18.6 Å². The first-order chi connectivity index (χ1) is 12.7. The number of methoxy groups -OCH3 is 1. The average molecular weight is 351 g/mol. The van der Waals surface area contributed by atoms with Crippen LogP contribution in [0.25, 0.3) is 0 Å². The molecule has 1 amide bonds. The Kier molecular flexibility index (Phi) is 4.16. The Labute approximate surface area is 150 Å². The molecule has 0 N–H and O–H groups in total. The van der Waals surface area contributed by atoms with Crippen LogP contribution < -0.4 is 9.64 Å². The Morgan fingerprint density at radius 3 is 2.85 bits per heavy atom. The molecule has 0 fully saturated rings. The summed E-state index contributed by atoms with van der Waals surface area (Å²) in [7, 11) is 1.39. The van der Waals surface area contributed by atoms with Gasteiger partial charge in [0.25, 0.3) is 5.91 Å². The molecule has 4 rings (SSSR count). The maximum Gasteiger partial charge on any atom is 0.258 e. The van der Waals surface area contributed by atoms with Crippen LogP contribution >= 0.6 is 0 Å². The number of halogens is 1. The van der Waals surface area contributed by atoms with Crippen LogP contribution in [-0.4, -0.2) is 29.3 Å². The van der Waals surface area contributed by atoms with E-state index in [4.69, 9.17) is 4.74 Å². The molecule has 0 spiro atoms. The van der Waals surface area contributed by atoms with Gasteiger partial charge in [0.15, 0.2) is 11.6 Å². The molecule has 0 saturated carbocycles. The smallest absolute Gasteiger partial charge is 0.258 e. The van der Waals surface area contributed by atoms with Gasteiger partial charge >= 0.3 is 0 Å². The fourth-order valence-electron chi connectivity index (χ4n) is 3.39. The number of para-hydroxylation sites is 1. The van der Waals surface area contributed by atoms with Crippen LogP contribution in [0.1, 0.15) is 22.0 Å². The Morgan fingerprint density at radius 1 is 1.23 bits per heavy atom. The molecule has 3 aromatic rings. The third kappa shape index (κ3) is 2.83. The van der Waals surface area contributed by atoms with Crippen LogP contribution in [0.4, 0.5) is 10.1 Å². The van der Waals surface area contributed by atoms with Crippen LogP contribution in [0.15, 0.2) is 60.9 Å². The van der Waals surface area contributed by atoms with Crippen molar-refractivity contribution in [3.8, 4) is 5.75 Å². The molecule has 0 saturated heterocycles. The SMILES string of the molecule is COc1cc(C(=O)N2CC(n3cccn3)Cc3ccccc32)ccc1F. The topological polar surface area (TPSA) is 47.4 Å². The Morgan fingerprint density at radius 2 is 2.08 bits per heavy atom. The minimum absolute atomic E-state index is 0.0474. The number of ether oxygens (including phenoxy) is 1. The van der Waals surface area contributed by atoms with E-state index < -0.39 is 5.82 Å². The number of rotatable bonds is 3. The van der Waals surface area contributed by atoms with Crippen molar-refractivity contribution >= 4 is 11.6 Å². The lowest BCUT2D eigenvalue weighted by Crippen LogP contribution is -2.41. The zero-order chi connectivity index (χ0) is 18.1. The monoisotopic (exact) mass is 351 g/mol. The highest BCUT2D eigenvalue weighted by molar-refractivity contribution is 6.07. The lowest BCUT2D eigenvalue weighted by Gasteiger charge is -2.34. The summed E-state index contributed by atoms with van der Waals surface area (Å²) < 4.78 is 20.6. The lowest BCUT2D eigenvalue weighted by atomic mass is 9.97. The maximum absolute atomic E-state index is 13.7. The van der Waals surface area contributed by atoms with Crippen molar-refractivity contribution in [3.05, 3.63) is 77.9 Å². The van der Waals surface area contributed by atoms with Crippen molar-refractivity contribution < 1.29 is 13.9 Å². The summed E-state index contributed by atoms with van der Waals surface area (Å²) in [5, 5.41) is 4.33. The first-order valence-electron chi connectivity index (χ1n) is 8.40. The van der Waals surface area contributed by atoms with Crippen molar-refractivity contribution in [2.24, 2.45) is 0 Å². The normalized spacial score (nSPS) is 16.2. The second-order valence-electron chi connectivity index (χ2n) is 6.24. The number of carbonyl (C=O) groups is 1. The molecule has 1 aliphatic rings. The van der Waals surface area contributed by atoms with E-state index in [2.05, 4.69) is 5.10 Å². The van der Waals surface area contributed by atoms with Gasteiger partial charge in [0.1, 0.15) is 0 Å². The summed E-state index contributed by atoms with van der Waals surface area (Å²) in [6, 6.07) is 13.9. The zero-order valence-corrected chi connectivity index (χ0v) is 14.3. The highest BCUT2D eigenvalue weighted by atomic mass is 19.1. The summed E-state index contributed by atoms with van der Waals surface area (Å²) in [6.07, 6.45) is 4.44. The molecule has 132 valence electrons. The van der Waals surface area contributed by atoms with Gasteiger partial charge in [-0.05, 0) is 42.3 Å². The summed E-state index contributed by atoms with van der Waals surface area (Å²) in [4.78, 5) is 14.9. The van der Waals surface area contributed by atoms with E-state index in [0.717, 1.165) is 17.7 Å². The number of aromatic nitrogens is 2. The molecule has 0 aliphatic carbocycles. The standard InChI is InChI=1S/C20H18FN3O2/c1-26-19-12-15(7-8-17(19)21)20(25)23-13-16(24-10-4-9-22-24)11-14-5-2-3-6-18(14)23/h2-10,12,16H,11,13H2,1H3. The number of benzene rings is 2. The number of amides is 1. The molecule has 1 aromatic heterocycles. The molecule has 1 unspecified atom stereocenters. The van der Waals surface area contributed by atoms with Crippen molar-refractivity contribution in [1.82, 2.24) is 9.78 Å². The van der Waals surface area contributed by atoms with Gasteiger partial charge in [-0.1, -0.05) is 18.2 Å². The number of fused-ring (bicyclic) bond motifs is 1. The second-order valence-corrected chi connectivity index (χ2v) is 6.24. The van der Waals surface area contributed by atoms with E-state index in [9.17, 15) is 9.18 Å². The molecule has 1 aliphatic heterocycles. The third-order valence-electron chi connectivity index (χ3n) is 4.67. The first kappa shape index (κ1) is 16.3. The van der Waals surface area contributed by atoms with Gasteiger partial charge in [0.2, 0.25) is 0 Å². The molecule has 2 heterocycles. The average Bonchev–Trinajstić information content (AvgIpc) is 3.22. The number of nitrogens with zero attached hydrogens (tertiary/aromatic N) is 3. The van der Waals surface area contributed by atoms with E-state index in [-0.39, 0.29) is 17.7 Å². The molecular weight excluding hydrogens is 333 g/mol. The van der Waals surface area contributed by atoms with Gasteiger partial charge in [-0.3, -0.25) is 9.48 Å². The maximum atomic E-state index is 13.7. The van der Waals surface area contributed by atoms with Gasteiger partial charge in [0.05, 0.1) is 13.2 Å². The third-order valence-corrected chi connectivity index (χ3v) is 4.67. The van der Waals surface area contributed by atoms with Crippen LogP contribution in [0.3, 0.4) is 0 Å². The highest BCUT2D eigenvalue weighted by Gasteiger charge is 2.30. The molecule has 0 radical (unpaired) electrons. The van der Waals surface area contributed by atoms with E-state index in [1.54, 1.807) is 11.1 Å². The van der Waals surface area contributed by atoms with Crippen molar-refractivity contribution in [1.29, 1.82) is 0 Å². The van der Waals surface area contributed by atoms with E-state index in [0.29, 0.717) is 12.1 Å². The molecule has 2 aromatic carbocycles. The van der Waals surface area contributed by atoms with Gasteiger partial charge in [0, 0.05) is 30.2 Å². The molecule has 5 nitrogen and oxygen atoms in total. The quantitative estimate of drug-likeness (QED) is 0.726. The Bertz CT molecular complexity index is 940. The van der Waals surface area contributed by atoms with Crippen LogP contribution in [0.2, 0.25) is 0 Å². The summed E-state index contributed by atoms with van der Waals surface area (Å²) in [5.41, 5.74) is 2.35. The van der Waals surface area contributed by atoms with E-state index >= 15 is 0 Å². The number of carbonyl (C=O) groups excluding carboxylic acids is 1. The van der Waals surface area contributed by atoms with E-state index in [1.165, 1.54) is 25.3 Å². The van der Waals surface area contributed by atoms with Crippen molar-refractivity contribution in [3.63, 3.8) is 0 Å². The largest absolute Gasteiger partial charge is 0.494 e. The minimum Gasteiger partial charge on any atom is -0.494 e. The summed E-state index contributed by atoms with van der Waals surface area (Å²) in [5.74, 6) is -0.616. The van der Waals surface area contributed by atoms with E-state index in [1.807, 2.05) is 41.2 Å². The predicted molar refractivity (Wildman–Crippen MR) is 96.0 cm³/mol. The van der Waals surface area contributed by atoms with Crippen LogP contribution in [-0.2, 0) is 6.42 Å². The molecule has 0 bridgehead atoms. The fraction of sp³-hybridized carbons (Fsp3) is 0.200. The molecule has 1 atom stereocenters.